The average molecular weight is 215 g/mol. The summed E-state index contributed by atoms with van der Waals surface area (Å²) in [4.78, 5) is 11.1. The number of thioether (sulfide) groups is 1. The van der Waals surface area contributed by atoms with E-state index in [4.69, 9.17) is 11.0 Å². The van der Waals surface area contributed by atoms with Gasteiger partial charge in [-0.2, -0.15) is 17.0 Å². The summed E-state index contributed by atoms with van der Waals surface area (Å²) in [5.74, 6) is 1.12. The minimum Gasteiger partial charge on any atom is -0.354 e. The number of amides is 1. The topological polar surface area (TPSA) is 78.9 Å². The van der Waals surface area contributed by atoms with Crippen LogP contribution in [-0.2, 0) is 4.79 Å². The lowest BCUT2D eigenvalue weighted by Crippen LogP contribution is -2.35. The molecule has 0 atom stereocenters. The van der Waals surface area contributed by atoms with E-state index >= 15 is 0 Å². The monoisotopic (exact) mass is 215 g/mol. The van der Waals surface area contributed by atoms with Gasteiger partial charge in [-0.05, 0) is 13.8 Å². The first-order valence-corrected chi connectivity index (χ1v) is 5.61. The van der Waals surface area contributed by atoms with E-state index in [1.165, 1.54) is 11.8 Å². The quantitative estimate of drug-likeness (QED) is 0.632. The number of nitrogens with one attached hydrogen (secondary N) is 1. The van der Waals surface area contributed by atoms with Crippen molar-refractivity contribution in [3.8, 4) is 6.07 Å². The van der Waals surface area contributed by atoms with Crippen LogP contribution in [0.5, 0.6) is 0 Å². The maximum Gasteiger partial charge on any atom is 0.230 e. The molecule has 0 aromatic rings. The maximum absolute atomic E-state index is 11.1. The number of hydrogen-bond acceptors (Lipinski definition) is 4. The van der Waals surface area contributed by atoms with Gasteiger partial charge in [-0.3, -0.25) is 4.79 Å². The van der Waals surface area contributed by atoms with E-state index in [1.54, 1.807) is 0 Å². The molecule has 0 unspecified atom stereocenters. The SMILES string of the molecule is CC(C)(N)CSCC(=O)NCCC#N. The fourth-order valence-electron chi connectivity index (χ4n) is 0.716. The molecule has 4 nitrogen and oxygen atoms in total. The molecule has 0 rings (SSSR count). The van der Waals surface area contributed by atoms with Crippen molar-refractivity contribution in [1.82, 2.24) is 5.32 Å². The zero-order chi connectivity index (χ0) is 11.0. The first-order chi connectivity index (χ1) is 6.45. The molecule has 0 aliphatic heterocycles. The van der Waals surface area contributed by atoms with Gasteiger partial charge in [-0.1, -0.05) is 0 Å². The predicted octanol–water partition coefficient (Wildman–Crippen LogP) is 0.487. The Hall–Kier alpha value is -0.730. The molecule has 14 heavy (non-hydrogen) atoms. The lowest BCUT2D eigenvalue weighted by Gasteiger charge is -2.17. The molecule has 0 aliphatic rings. The summed E-state index contributed by atoms with van der Waals surface area (Å²) in [7, 11) is 0. The van der Waals surface area contributed by atoms with Crippen LogP contribution in [0.2, 0.25) is 0 Å². The molecular weight excluding hydrogens is 198 g/mol. The van der Waals surface area contributed by atoms with Crippen LogP contribution in [-0.4, -0.2) is 29.5 Å². The second kappa shape index (κ2) is 6.68. The van der Waals surface area contributed by atoms with Gasteiger partial charge >= 0.3 is 0 Å². The van der Waals surface area contributed by atoms with Gasteiger partial charge < -0.3 is 11.1 Å². The second-order valence-corrected chi connectivity index (χ2v) is 4.73. The van der Waals surface area contributed by atoms with Crippen LogP contribution in [0.4, 0.5) is 0 Å². The highest BCUT2D eigenvalue weighted by Crippen LogP contribution is 2.08. The average Bonchev–Trinajstić information content (AvgIpc) is 2.02. The van der Waals surface area contributed by atoms with Gasteiger partial charge in [-0.15, -0.1) is 0 Å². The summed E-state index contributed by atoms with van der Waals surface area (Å²) in [5, 5.41) is 10.9. The van der Waals surface area contributed by atoms with Crippen LogP contribution in [0.15, 0.2) is 0 Å². The van der Waals surface area contributed by atoms with Crippen molar-refractivity contribution in [3.63, 3.8) is 0 Å². The van der Waals surface area contributed by atoms with Crippen LogP contribution in [0.3, 0.4) is 0 Å². The van der Waals surface area contributed by atoms with Gasteiger partial charge in [0.1, 0.15) is 0 Å². The van der Waals surface area contributed by atoms with E-state index in [2.05, 4.69) is 5.32 Å². The Bertz CT molecular complexity index is 217. The van der Waals surface area contributed by atoms with Crippen LogP contribution in [0, 0.1) is 11.3 Å². The van der Waals surface area contributed by atoms with Gasteiger partial charge in [0.2, 0.25) is 5.91 Å². The molecule has 0 aromatic carbocycles. The Morgan fingerprint density at radius 2 is 2.29 bits per heavy atom. The van der Waals surface area contributed by atoms with E-state index in [0.29, 0.717) is 18.7 Å². The van der Waals surface area contributed by atoms with Gasteiger partial charge in [0.25, 0.3) is 0 Å². The Labute approximate surface area is 89.2 Å². The van der Waals surface area contributed by atoms with Crippen molar-refractivity contribution in [2.24, 2.45) is 5.73 Å². The molecule has 1 amide bonds. The third-order valence-electron chi connectivity index (χ3n) is 1.27. The van der Waals surface area contributed by atoms with Crippen molar-refractivity contribution in [2.75, 3.05) is 18.1 Å². The molecule has 0 aliphatic carbocycles. The molecule has 0 saturated carbocycles. The second-order valence-electron chi connectivity index (χ2n) is 3.74. The summed E-state index contributed by atoms with van der Waals surface area (Å²) >= 11 is 1.51. The Balaban J connectivity index is 3.42. The van der Waals surface area contributed by atoms with Crippen molar-refractivity contribution in [1.29, 1.82) is 5.26 Å². The molecule has 0 fully saturated rings. The van der Waals surface area contributed by atoms with Gasteiger partial charge in [0, 0.05) is 17.8 Å². The Morgan fingerprint density at radius 3 is 2.79 bits per heavy atom. The number of nitrogens with zero attached hydrogens (tertiary/aromatic N) is 1. The third-order valence-corrected chi connectivity index (χ3v) is 2.68. The molecule has 5 heteroatoms. The van der Waals surface area contributed by atoms with Gasteiger partial charge in [-0.25, -0.2) is 0 Å². The zero-order valence-corrected chi connectivity index (χ0v) is 9.49. The van der Waals surface area contributed by atoms with Crippen molar-refractivity contribution < 1.29 is 4.79 Å². The summed E-state index contributed by atoms with van der Waals surface area (Å²) in [6.45, 7) is 4.28. The molecule has 0 bridgehead atoms. The summed E-state index contributed by atoms with van der Waals surface area (Å²) in [5.41, 5.74) is 5.51. The molecule has 0 spiro atoms. The molecule has 0 saturated heterocycles. The first kappa shape index (κ1) is 13.3. The maximum atomic E-state index is 11.1. The van der Waals surface area contributed by atoms with E-state index in [0.717, 1.165) is 5.75 Å². The van der Waals surface area contributed by atoms with E-state index in [1.807, 2.05) is 19.9 Å². The number of rotatable bonds is 6. The minimum atomic E-state index is -0.238. The molecule has 0 aromatic heterocycles. The first-order valence-electron chi connectivity index (χ1n) is 4.46. The Morgan fingerprint density at radius 1 is 1.64 bits per heavy atom. The fourth-order valence-corrected chi connectivity index (χ4v) is 1.63. The summed E-state index contributed by atoms with van der Waals surface area (Å²) in [6, 6.07) is 1.96. The van der Waals surface area contributed by atoms with Crippen LogP contribution >= 0.6 is 11.8 Å². The van der Waals surface area contributed by atoms with Crippen LogP contribution < -0.4 is 11.1 Å². The van der Waals surface area contributed by atoms with E-state index in [-0.39, 0.29) is 11.4 Å². The predicted molar refractivity (Wildman–Crippen MR) is 58.8 cm³/mol. The third kappa shape index (κ3) is 9.36. The molecule has 0 radical (unpaired) electrons. The summed E-state index contributed by atoms with van der Waals surface area (Å²) < 4.78 is 0. The van der Waals surface area contributed by atoms with Crippen LogP contribution in [0.25, 0.3) is 0 Å². The standard InChI is InChI=1S/C9H17N3OS/c1-9(2,11)7-14-6-8(13)12-5-3-4-10/h3,5-7,11H2,1-2H3,(H,12,13). The largest absolute Gasteiger partial charge is 0.354 e. The number of nitriles is 1. The van der Waals surface area contributed by atoms with E-state index < -0.39 is 0 Å². The number of carbonyl (C=O) groups excluding carboxylic acids is 1. The highest BCUT2D eigenvalue weighted by Gasteiger charge is 2.11. The zero-order valence-electron chi connectivity index (χ0n) is 8.67. The van der Waals surface area contributed by atoms with Crippen LogP contribution in [0.1, 0.15) is 20.3 Å². The Kier molecular flexibility index (Phi) is 6.34. The van der Waals surface area contributed by atoms with Crippen molar-refractivity contribution in [3.05, 3.63) is 0 Å². The molecule has 80 valence electrons. The smallest absolute Gasteiger partial charge is 0.230 e. The van der Waals surface area contributed by atoms with Crippen molar-refractivity contribution in [2.45, 2.75) is 25.8 Å². The molecular formula is C9H17N3OS. The van der Waals surface area contributed by atoms with E-state index in [9.17, 15) is 4.79 Å². The van der Waals surface area contributed by atoms with Crippen molar-refractivity contribution >= 4 is 17.7 Å². The minimum absolute atomic E-state index is 0.0329. The highest BCUT2D eigenvalue weighted by molar-refractivity contribution is 8.00. The molecule has 0 heterocycles. The molecule has 3 N–H and O–H groups in total. The lowest BCUT2D eigenvalue weighted by molar-refractivity contribution is -0.118. The number of carbonyl (C=O) groups is 1. The van der Waals surface area contributed by atoms with Gasteiger partial charge in [0.05, 0.1) is 18.2 Å². The normalized spacial score (nSPS) is 10.7. The lowest BCUT2D eigenvalue weighted by atomic mass is 10.1. The number of hydrogen-bond donors (Lipinski definition) is 2. The highest BCUT2D eigenvalue weighted by atomic mass is 32.2. The van der Waals surface area contributed by atoms with Gasteiger partial charge in [0.15, 0.2) is 0 Å². The number of nitrogens with two attached hydrogens (primary N) is 1. The summed E-state index contributed by atoms with van der Waals surface area (Å²) in [6.07, 6.45) is 0.360. The fraction of sp³-hybridized carbons (Fsp3) is 0.778.